The molecule has 2 aromatic rings. The summed E-state index contributed by atoms with van der Waals surface area (Å²) in [7, 11) is 0. The number of nitrogens with zero attached hydrogens (tertiary/aromatic N) is 4. The van der Waals surface area contributed by atoms with Gasteiger partial charge in [-0.25, -0.2) is 4.39 Å². The number of thioether (sulfide) groups is 1. The van der Waals surface area contributed by atoms with Crippen molar-refractivity contribution in [1.29, 1.82) is 0 Å². The summed E-state index contributed by atoms with van der Waals surface area (Å²) in [6.45, 7) is 8.01. The standard InChI is InChI=1S/C18H20FN5OS.H2/c1-4-7-15(8-5-2)21-16(25)12-26-18-23-22-17(24(18)6-3)13-9-14(19)11-20-10-13;/h4-5,7-11H,1,6,12H2,2-3H3,(H,21,25);1H/b8-5-,15-7+;. The summed E-state index contributed by atoms with van der Waals surface area (Å²) < 4.78 is 15.2. The van der Waals surface area contributed by atoms with Crippen molar-refractivity contribution < 1.29 is 10.6 Å². The Bertz CT molecular complexity index is 850. The average Bonchev–Trinajstić information content (AvgIpc) is 3.03. The lowest BCUT2D eigenvalue weighted by Gasteiger charge is -2.08. The molecule has 0 unspecified atom stereocenters. The van der Waals surface area contributed by atoms with Crippen LogP contribution in [0.1, 0.15) is 15.3 Å². The summed E-state index contributed by atoms with van der Waals surface area (Å²) in [5.74, 6) is 0.0857. The van der Waals surface area contributed by atoms with Crippen molar-refractivity contribution in [2.24, 2.45) is 0 Å². The molecule has 0 bridgehead atoms. The van der Waals surface area contributed by atoms with Crippen LogP contribution >= 0.6 is 11.8 Å². The third-order valence-corrected chi connectivity index (χ3v) is 4.22. The lowest BCUT2D eigenvalue weighted by Crippen LogP contribution is -2.23. The second-order valence-corrected chi connectivity index (χ2v) is 6.08. The van der Waals surface area contributed by atoms with E-state index in [1.165, 1.54) is 24.0 Å². The van der Waals surface area contributed by atoms with E-state index in [1.54, 1.807) is 18.2 Å². The second-order valence-electron chi connectivity index (χ2n) is 5.14. The molecule has 26 heavy (non-hydrogen) atoms. The highest BCUT2D eigenvalue weighted by Crippen LogP contribution is 2.23. The van der Waals surface area contributed by atoms with Gasteiger partial charge in [0, 0.05) is 25.4 Å². The number of aromatic nitrogens is 4. The molecule has 0 fully saturated rings. The highest BCUT2D eigenvalue weighted by Gasteiger charge is 2.15. The minimum atomic E-state index is -0.438. The predicted octanol–water partition coefficient (Wildman–Crippen LogP) is 3.60. The van der Waals surface area contributed by atoms with Gasteiger partial charge in [0.05, 0.1) is 11.9 Å². The van der Waals surface area contributed by atoms with Gasteiger partial charge >= 0.3 is 0 Å². The molecule has 0 spiro atoms. The maximum absolute atomic E-state index is 13.4. The highest BCUT2D eigenvalue weighted by molar-refractivity contribution is 7.99. The van der Waals surface area contributed by atoms with E-state index < -0.39 is 5.82 Å². The number of amides is 1. The van der Waals surface area contributed by atoms with Gasteiger partial charge in [0.15, 0.2) is 11.0 Å². The lowest BCUT2D eigenvalue weighted by atomic mass is 10.2. The number of nitrogens with one attached hydrogen (secondary N) is 1. The number of hydrogen-bond acceptors (Lipinski definition) is 5. The van der Waals surface area contributed by atoms with Gasteiger partial charge in [-0.3, -0.25) is 9.78 Å². The summed E-state index contributed by atoms with van der Waals surface area (Å²) >= 11 is 1.26. The van der Waals surface area contributed by atoms with E-state index >= 15 is 0 Å². The minimum Gasteiger partial charge on any atom is -0.325 e. The third kappa shape index (κ3) is 5.13. The fourth-order valence-electron chi connectivity index (χ4n) is 2.20. The zero-order chi connectivity index (χ0) is 18.9. The number of carbonyl (C=O) groups is 1. The molecular weight excluding hydrogens is 353 g/mol. The maximum atomic E-state index is 13.4. The van der Waals surface area contributed by atoms with Crippen LogP contribution < -0.4 is 5.32 Å². The molecule has 0 saturated carbocycles. The Labute approximate surface area is 157 Å². The maximum Gasteiger partial charge on any atom is 0.234 e. The van der Waals surface area contributed by atoms with Crippen LogP contribution in [0.25, 0.3) is 11.4 Å². The SMILES string of the molecule is C=C/C=C(\C=C/C)NC(=O)CSc1nnc(-c2cncc(F)c2)n1CC.[HH]. The van der Waals surface area contributed by atoms with E-state index in [4.69, 9.17) is 0 Å². The Morgan fingerprint density at radius 1 is 1.46 bits per heavy atom. The Morgan fingerprint density at radius 3 is 2.92 bits per heavy atom. The highest BCUT2D eigenvalue weighted by atomic mass is 32.2. The van der Waals surface area contributed by atoms with Gasteiger partial charge < -0.3 is 9.88 Å². The molecule has 0 radical (unpaired) electrons. The Hall–Kier alpha value is -2.74. The normalized spacial score (nSPS) is 11.7. The molecule has 0 saturated heterocycles. The summed E-state index contributed by atoms with van der Waals surface area (Å²) in [5, 5.41) is 11.6. The smallest absolute Gasteiger partial charge is 0.234 e. The molecule has 2 rings (SSSR count). The fourth-order valence-corrected chi connectivity index (χ4v) is 3.00. The molecule has 0 aliphatic rings. The molecule has 0 aromatic carbocycles. The molecule has 6 nitrogen and oxygen atoms in total. The average molecular weight is 375 g/mol. The molecule has 0 aliphatic carbocycles. The molecule has 1 amide bonds. The molecule has 0 aliphatic heterocycles. The van der Waals surface area contributed by atoms with Crippen LogP contribution in [-0.4, -0.2) is 31.4 Å². The van der Waals surface area contributed by atoms with Gasteiger partial charge in [-0.1, -0.05) is 30.5 Å². The number of carbonyl (C=O) groups excluding carboxylic acids is 1. The molecule has 138 valence electrons. The summed E-state index contributed by atoms with van der Waals surface area (Å²) in [5.41, 5.74) is 1.21. The third-order valence-electron chi connectivity index (χ3n) is 3.26. The van der Waals surface area contributed by atoms with Crippen LogP contribution in [0, 0.1) is 5.82 Å². The van der Waals surface area contributed by atoms with E-state index in [0.29, 0.717) is 28.8 Å². The van der Waals surface area contributed by atoms with Crippen LogP contribution in [0.3, 0.4) is 0 Å². The number of halogens is 1. The van der Waals surface area contributed by atoms with Crippen molar-refractivity contribution in [1.82, 2.24) is 25.1 Å². The van der Waals surface area contributed by atoms with Crippen molar-refractivity contribution in [3.8, 4) is 11.4 Å². The molecule has 1 N–H and O–H groups in total. The van der Waals surface area contributed by atoms with E-state index in [-0.39, 0.29) is 13.1 Å². The first-order valence-electron chi connectivity index (χ1n) is 8.01. The van der Waals surface area contributed by atoms with E-state index in [2.05, 4.69) is 27.1 Å². The van der Waals surface area contributed by atoms with Gasteiger partial charge in [-0.2, -0.15) is 0 Å². The van der Waals surface area contributed by atoms with Crippen molar-refractivity contribution >= 4 is 17.7 Å². The van der Waals surface area contributed by atoms with Crippen LogP contribution in [0.2, 0.25) is 0 Å². The van der Waals surface area contributed by atoms with Gasteiger partial charge in [0.2, 0.25) is 5.91 Å². The first-order valence-corrected chi connectivity index (χ1v) is 8.99. The Morgan fingerprint density at radius 2 is 2.27 bits per heavy atom. The van der Waals surface area contributed by atoms with Crippen LogP contribution in [0.4, 0.5) is 4.39 Å². The lowest BCUT2D eigenvalue weighted by molar-refractivity contribution is -0.117. The zero-order valence-electron chi connectivity index (χ0n) is 14.6. The number of hydrogen-bond donors (Lipinski definition) is 1. The fraction of sp³-hybridized carbons (Fsp3) is 0.222. The Balaban J connectivity index is 0.00000364. The van der Waals surface area contributed by atoms with Crippen LogP contribution in [0.5, 0.6) is 0 Å². The van der Waals surface area contributed by atoms with E-state index in [9.17, 15) is 9.18 Å². The largest absolute Gasteiger partial charge is 0.325 e. The van der Waals surface area contributed by atoms with Crippen LogP contribution in [0.15, 0.2) is 60.2 Å². The monoisotopic (exact) mass is 375 g/mol. The van der Waals surface area contributed by atoms with Crippen molar-refractivity contribution in [2.75, 3.05) is 5.75 Å². The van der Waals surface area contributed by atoms with Crippen molar-refractivity contribution in [3.63, 3.8) is 0 Å². The minimum absolute atomic E-state index is 0. The van der Waals surface area contributed by atoms with Crippen LogP contribution in [-0.2, 0) is 11.3 Å². The number of rotatable bonds is 8. The summed E-state index contributed by atoms with van der Waals surface area (Å²) in [4.78, 5) is 16.0. The Kier molecular flexibility index (Phi) is 7.28. The second kappa shape index (κ2) is 9.67. The van der Waals surface area contributed by atoms with Gasteiger partial charge in [0.1, 0.15) is 5.82 Å². The van der Waals surface area contributed by atoms with E-state index in [1.807, 2.05) is 24.5 Å². The quantitative estimate of drug-likeness (QED) is 0.564. The molecule has 2 heterocycles. The molecular formula is C18H22FN5OS. The summed E-state index contributed by atoms with van der Waals surface area (Å²) in [6.07, 6.45) is 9.60. The molecule has 8 heteroatoms. The van der Waals surface area contributed by atoms with Gasteiger partial charge in [-0.05, 0) is 32.1 Å². The predicted molar refractivity (Wildman–Crippen MR) is 103 cm³/mol. The van der Waals surface area contributed by atoms with Crippen molar-refractivity contribution in [3.05, 3.63) is 60.9 Å². The van der Waals surface area contributed by atoms with E-state index in [0.717, 1.165) is 6.20 Å². The summed E-state index contributed by atoms with van der Waals surface area (Å²) in [6, 6.07) is 1.35. The molecule has 2 aromatic heterocycles. The van der Waals surface area contributed by atoms with Gasteiger partial charge in [0.25, 0.3) is 0 Å². The first-order chi connectivity index (χ1) is 12.6. The topological polar surface area (TPSA) is 72.7 Å². The zero-order valence-corrected chi connectivity index (χ0v) is 15.5. The van der Waals surface area contributed by atoms with Crippen molar-refractivity contribution in [2.45, 2.75) is 25.5 Å². The first kappa shape index (κ1) is 19.6. The number of pyridine rings is 1. The van der Waals surface area contributed by atoms with Gasteiger partial charge in [-0.15, -0.1) is 10.2 Å². The number of allylic oxidation sites excluding steroid dienone is 4. The molecule has 0 atom stereocenters.